The zero-order valence-electron chi connectivity index (χ0n) is 20.7. The number of aryl methyl sites for hydroxylation is 1. The van der Waals surface area contributed by atoms with E-state index in [1.54, 1.807) is 17.7 Å². The van der Waals surface area contributed by atoms with Crippen LogP contribution in [-0.2, 0) is 4.79 Å². The molecule has 36 heavy (non-hydrogen) atoms. The van der Waals surface area contributed by atoms with Crippen molar-refractivity contribution in [1.29, 1.82) is 0 Å². The summed E-state index contributed by atoms with van der Waals surface area (Å²) in [6.07, 6.45) is 8.36. The minimum Gasteiger partial charge on any atom is -0.368 e. The van der Waals surface area contributed by atoms with E-state index in [2.05, 4.69) is 25.1 Å². The van der Waals surface area contributed by atoms with Crippen molar-refractivity contribution in [3.05, 3.63) is 46.0 Å². The van der Waals surface area contributed by atoms with Crippen molar-refractivity contribution in [3.8, 4) is 0 Å². The average Bonchev–Trinajstić information content (AvgIpc) is 3.39. The van der Waals surface area contributed by atoms with Gasteiger partial charge in [0.05, 0.1) is 24.0 Å². The first-order chi connectivity index (χ1) is 17.5. The molecular formula is C26H31N7O3. The maximum atomic E-state index is 13.4. The lowest BCUT2D eigenvalue weighted by molar-refractivity contribution is -0.108. The van der Waals surface area contributed by atoms with Crippen molar-refractivity contribution in [2.45, 2.75) is 45.6 Å². The number of piperazine rings is 1. The quantitative estimate of drug-likeness (QED) is 0.395. The Bertz CT molecular complexity index is 1340. The number of pyridine rings is 2. The summed E-state index contributed by atoms with van der Waals surface area (Å²) < 4.78 is 1.71. The number of aromatic nitrogens is 4. The van der Waals surface area contributed by atoms with E-state index in [4.69, 9.17) is 4.98 Å². The van der Waals surface area contributed by atoms with E-state index in [-0.39, 0.29) is 22.9 Å². The predicted molar refractivity (Wildman–Crippen MR) is 138 cm³/mol. The molecule has 2 aliphatic rings. The average molecular weight is 490 g/mol. The molecule has 10 heteroatoms. The third kappa shape index (κ3) is 4.60. The molecule has 1 saturated heterocycles. The van der Waals surface area contributed by atoms with E-state index < -0.39 is 0 Å². The fourth-order valence-electron chi connectivity index (χ4n) is 5.36. The molecule has 2 fully saturated rings. The van der Waals surface area contributed by atoms with Crippen molar-refractivity contribution in [1.82, 2.24) is 24.4 Å². The van der Waals surface area contributed by atoms with E-state index in [1.807, 2.05) is 18.3 Å². The molecule has 1 saturated carbocycles. The number of aldehydes is 1. The zero-order chi connectivity index (χ0) is 25.2. The number of hydrogen-bond donors (Lipinski definition) is 1. The van der Waals surface area contributed by atoms with Crippen LogP contribution in [0.25, 0.3) is 11.0 Å². The lowest BCUT2D eigenvalue weighted by Crippen LogP contribution is -2.46. The number of ketones is 1. The van der Waals surface area contributed by atoms with Crippen molar-refractivity contribution < 1.29 is 9.59 Å². The maximum Gasteiger partial charge on any atom is 0.263 e. The predicted octanol–water partition coefficient (Wildman–Crippen LogP) is 2.88. The van der Waals surface area contributed by atoms with E-state index in [1.165, 1.54) is 6.92 Å². The molecule has 0 unspecified atom stereocenters. The van der Waals surface area contributed by atoms with Crippen LogP contribution in [0.4, 0.5) is 17.5 Å². The Balaban J connectivity index is 1.41. The van der Waals surface area contributed by atoms with Crippen LogP contribution in [0.15, 0.2) is 29.3 Å². The van der Waals surface area contributed by atoms with Crippen molar-refractivity contribution in [2.75, 3.05) is 42.9 Å². The van der Waals surface area contributed by atoms with Gasteiger partial charge in [0, 0.05) is 43.8 Å². The van der Waals surface area contributed by atoms with Gasteiger partial charge < -0.3 is 15.0 Å². The summed E-state index contributed by atoms with van der Waals surface area (Å²) >= 11 is 0. The van der Waals surface area contributed by atoms with Gasteiger partial charge in [0.25, 0.3) is 5.56 Å². The fraction of sp³-hybridized carbons (Fsp3) is 0.462. The summed E-state index contributed by atoms with van der Waals surface area (Å²) in [6, 6.07) is 3.92. The molecule has 5 rings (SSSR count). The van der Waals surface area contributed by atoms with Gasteiger partial charge in [-0.1, -0.05) is 12.8 Å². The van der Waals surface area contributed by atoms with Crippen LogP contribution < -0.4 is 15.8 Å². The molecule has 1 aliphatic heterocycles. The summed E-state index contributed by atoms with van der Waals surface area (Å²) in [6.45, 7) is 7.08. The molecule has 10 nitrogen and oxygen atoms in total. The maximum absolute atomic E-state index is 13.4. The number of fused-ring (bicyclic) bond motifs is 1. The third-order valence-corrected chi connectivity index (χ3v) is 7.31. The minimum absolute atomic E-state index is 0.0332. The zero-order valence-corrected chi connectivity index (χ0v) is 20.7. The van der Waals surface area contributed by atoms with Gasteiger partial charge in [-0.2, -0.15) is 4.98 Å². The summed E-state index contributed by atoms with van der Waals surface area (Å²) in [4.78, 5) is 54.5. The molecule has 0 aromatic carbocycles. The van der Waals surface area contributed by atoms with E-state index in [0.29, 0.717) is 34.9 Å². The van der Waals surface area contributed by atoms with E-state index in [9.17, 15) is 14.4 Å². The van der Waals surface area contributed by atoms with Crippen LogP contribution in [0.2, 0.25) is 0 Å². The largest absolute Gasteiger partial charge is 0.368 e. The lowest BCUT2D eigenvalue weighted by Gasteiger charge is -2.35. The molecule has 0 spiro atoms. The first kappa shape index (κ1) is 24.1. The number of nitrogens with zero attached hydrogens (tertiary/aromatic N) is 6. The SMILES string of the molecule is CC(=O)c1c(C)c2cnc(Nc3ccc(N4CCN(CC=O)CC4)cn3)nc2n(C2CCCC2)c1=O. The number of hydrogen-bond acceptors (Lipinski definition) is 9. The molecule has 3 aromatic heterocycles. The highest BCUT2D eigenvalue weighted by Crippen LogP contribution is 2.32. The Morgan fingerprint density at radius 2 is 1.86 bits per heavy atom. The van der Waals surface area contributed by atoms with Gasteiger partial charge in [0.15, 0.2) is 5.78 Å². The Morgan fingerprint density at radius 3 is 2.50 bits per heavy atom. The highest BCUT2D eigenvalue weighted by molar-refractivity contribution is 5.99. The summed E-state index contributed by atoms with van der Waals surface area (Å²) in [5, 5.41) is 3.88. The fourth-order valence-corrected chi connectivity index (χ4v) is 5.36. The molecular weight excluding hydrogens is 458 g/mol. The van der Waals surface area contributed by atoms with E-state index in [0.717, 1.165) is 63.8 Å². The van der Waals surface area contributed by atoms with Crippen LogP contribution in [0.3, 0.4) is 0 Å². The highest BCUT2D eigenvalue weighted by atomic mass is 16.1. The summed E-state index contributed by atoms with van der Waals surface area (Å²) in [5.41, 5.74) is 2.16. The molecule has 1 N–H and O–H groups in total. The van der Waals surface area contributed by atoms with Crippen LogP contribution >= 0.6 is 0 Å². The van der Waals surface area contributed by atoms with Crippen LogP contribution in [0.1, 0.15) is 54.6 Å². The van der Waals surface area contributed by atoms with Gasteiger partial charge in [-0.15, -0.1) is 0 Å². The Labute approximate surface area is 209 Å². The van der Waals surface area contributed by atoms with Gasteiger partial charge >= 0.3 is 0 Å². The normalized spacial score (nSPS) is 17.0. The molecule has 188 valence electrons. The van der Waals surface area contributed by atoms with Crippen molar-refractivity contribution in [3.63, 3.8) is 0 Å². The smallest absolute Gasteiger partial charge is 0.263 e. The molecule has 3 aromatic rings. The molecule has 1 aliphatic carbocycles. The second-order valence-electron chi connectivity index (χ2n) is 9.58. The number of rotatable bonds is 7. The van der Waals surface area contributed by atoms with Gasteiger partial charge in [0.1, 0.15) is 17.8 Å². The number of carbonyl (C=O) groups excluding carboxylic acids is 2. The molecule has 0 atom stereocenters. The third-order valence-electron chi connectivity index (χ3n) is 7.31. The number of nitrogens with one attached hydrogen (secondary N) is 1. The Kier molecular flexibility index (Phi) is 6.77. The Morgan fingerprint density at radius 1 is 1.11 bits per heavy atom. The molecule has 4 heterocycles. The van der Waals surface area contributed by atoms with Gasteiger partial charge in [-0.3, -0.25) is 19.1 Å². The topological polar surface area (TPSA) is 113 Å². The van der Waals surface area contributed by atoms with Crippen LogP contribution in [-0.4, -0.2) is 69.2 Å². The second kappa shape index (κ2) is 10.1. The minimum atomic E-state index is -0.264. The van der Waals surface area contributed by atoms with Gasteiger partial charge in [0.2, 0.25) is 5.95 Å². The standard InChI is InChI=1S/C26H31N7O3/c1-17-21-16-28-26(30-24(21)33(19-5-3-4-6-19)25(36)23(17)18(2)35)29-22-8-7-20(15-27-22)32-11-9-31(10-12-32)13-14-34/h7-8,14-16,19H,3-6,9-13H2,1-2H3,(H,27,28,29,30). The first-order valence-corrected chi connectivity index (χ1v) is 12.5. The first-order valence-electron chi connectivity index (χ1n) is 12.5. The summed E-state index contributed by atoms with van der Waals surface area (Å²) in [5.74, 6) is 0.721. The molecule has 0 amide bonds. The monoisotopic (exact) mass is 489 g/mol. The number of Topliss-reactive ketones (excluding diaryl/α,β-unsaturated/α-hetero) is 1. The van der Waals surface area contributed by atoms with Crippen molar-refractivity contribution in [2.24, 2.45) is 0 Å². The van der Waals surface area contributed by atoms with Gasteiger partial charge in [-0.25, -0.2) is 9.97 Å². The second-order valence-corrected chi connectivity index (χ2v) is 9.58. The molecule has 0 radical (unpaired) electrons. The van der Waals surface area contributed by atoms with Crippen molar-refractivity contribution >= 4 is 40.6 Å². The highest BCUT2D eigenvalue weighted by Gasteiger charge is 2.26. The molecule has 0 bridgehead atoms. The van der Waals surface area contributed by atoms with E-state index >= 15 is 0 Å². The Hall–Kier alpha value is -3.66. The van der Waals surface area contributed by atoms with Crippen LogP contribution in [0, 0.1) is 6.92 Å². The van der Waals surface area contributed by atoms with Gasteiger partial charge in [-0.05, 0) is 44.4 Å². The number of carbonyl (C=O) groups is 2. The van der Waals surface area contributed by atoms with Crippen LogP contribution in [0.5, 0.6) is 0 Å². The lowest BCUT2D eigenvalue weighted by atomic mass is 10.0. The number of anilines is 3. The summed E-state index contributed by atoms with van der Waals surface area (Å²) in [7, 11) is 0.